The van der Waals surface area contributed by atoms with Gasteiger partial charge >= 0.3 is 5.97 Å². The third-order valence-electron chi connectivity index (χ3n) is 3.93. The van der Waals surface area contributed by atoms with Gasteiger partial charge in [-0.2, -0.15) is 0 Å². The molecule has 1 aliphatic carbocycles. The van der Waals surface area contributed by atoms with E-state index in [0.717, 1.165) is 12.3 Å². The molecular weight excluding hydrogens is 331 g/mol. The largest absolute Gasteiger partial charge is 0.462 e. The maximum Gasteiger partial charge on any atom is 0.339 e. The van der Waals surface area contributed by atoms with Crippen molar-refractivity contribution in [2.75, 3.05) is 6.61 Å². The van der Waals surface area contributed by atoms with Gasteiger partial charge in [0.2, 0.25) is 0 Å². The Morgan fingerprint density at radius 3 is 2.67 bits per heavy atom. The zero-order chi connectivity index (χ0) is 15.4. The van der Waals surface area contributed by atoms with Gasteiger partial charge in [0.25, 0.3) is 0 Å². The van der Waals surface area contributed by atoms with Crippen LogP contribution in [0.1, 0.15) is 49.4 Å². The van der Waals surface area contributed by atoms with Gasteiger partial charge in [-0.1, -0.05) is 61.0 Å². The molecule has 1 aliphatic rings. The summed E-state index contributed by atoms with van der Waals surface area (Å²) in [6.45, 7) is 2.63. The Labute approximate surface area is 140 Å². The number of esters is 1. The highest BCUT2D eigenvalue weighted by molar-refractivity contribution is 6.45. The first-order valence-corrected chi connectivity index (χ1v) is 8.48. The van der Waals surface area contributed by atoms with Crippen molar-refractivity contribution in [1.82, 2.24) is 0 Å². The summed E-state index contributed by atoms with van der Waals surface area (Å²) in [5.74, 6) is 1.07. The average Bonchev–Trinajstić information content (AvgIpc) is 3.18. The van der Waals surface area contributed by atoms with Gasteiger partial charge in [0.1, 0.15) is 0 Å². The molecule has 1 saturated carbocycles. The molecule has 0 aliphatic heterocycles. The lowest BCUT2D eigenvalue weighted by atomic mass is 10.1. The summed E-state index contributed by atoms with van der Waals surface area (Å²) < 4.78 is 5.28. The van der Waals surface area contributed by atoms with E-state index in [1.807, 2.05) is 0 Å². The predicted molar refractivity (Wildman–Crippen MR) is 87.5 cm³/mol. The monoisotopic (exact) mass is 348 g/mol. The van der Waals surface area contributed by atoms with Crippen LogP contribution >= 0.6 is 34.8 Å². The van der Waals surface area contributed by atoms with E-state index in [1.54, 1.807) is 0 Å². The molecule has 21 heavy (non-hydrogen) atoms. The summed E-state index contributed by atoms with van der Waals surface area (Å²) in [6.07, 6.45) is 6.02. The minimum atomic E-state index is -0.463. The molecule has 0 N–H and O–H groups in total. The van der Waals surface area contributed by atoms with Gasteiger partial charge in [-0.3, -0.25) is 0 Å². The Morgan fingerprint density at radius 1 is 1.24 bits per heavy atom. The maximum atomic E-state index is 12.0. The third kappa shape index (κ3) is 4.77. The SMILES string of the molecule is CCCCC1CC1CCOC(=O)c1cc(Cl)cc(Cl)c1Cl. The van der Waals surface area contributed by atoms with Crippen LogP contribution in [0.4, 0.5) is 0 Å². The van der Waals surface area contributed by atoms with Crippen molar-refractivity contribution in [2.45, 2.75) is 39.0 Å². The molecule has 2 atom stereocenters. The summed E-state index contributed by atoms with van der Waals surface area (Å²) in [5, 5.41) is 0.828. The lowest BCUT2D eigenvalue weighted by Gasteiger charge is -2.08. The van der Waals surface area contributed by atoms with Crippen LogP contribution in [0.15, 0.2) is 12.1 Å². The Hall–Kier alpha value is -0.440. The van der Waals surface area contributed by atoms with Crippen LogP contribution in [0, 0.1) is 11.8 Å². The first-order valence-electron chi connectivity index (χ1n) is 7.34. The van der Waals surface area contributed by atoms with E-state index in [9.17, 15) is 4.79 Å². The molecule has 0 radical (unpaired) electrons. The highest BCUT2D eigenvalue weighted by Gasteiger charge is 2.35. The zero-order valence-electron chi connectivity index (χ0n) is 12.0. The molecule has 1 aromatic carbocycles. The van der Waals surface area contributed by atoms with Gasteiger partial charge in [-0.15, -0.1) is 0 Å². The molecule has 2 unspecified atom stereocenters. The zero-order valence-corrected chi connectivity index (χ0v) is 14.3. The highest BCUT2D eigenvalue weighted by atomic mass is 35.5. The van der Waals surface area contributed by atoms with Gasteiger partial charge in [-0.25, -0.2) is 4.79 Å². The van der Waals surface area contributed by atoms with E-state index < -0.39 is 5.97 Å². The van der Waals surface area contributed by atoms with Gasteiger partial charge in [0.05, 0.1) is 22.2 Å². The molecular formula is C16H19Cl3O2. The number of unbranched alkanes of at least 4 members (excludes halogenated alkanes) is 1. The van der Waals surface area contributed by atoms with Crippen LogP contribution in [0.3, 0.4) is 0 Å². The van der Waals surface area contributed by atoms with E-state index in [0.29, 0.717) is 17.5 Å². The minimum absolute atomic E-state index is 0.193. The fraction of sp³-hybridized carbons (Fsp3) is 0.562. The summed E-state index contributed by atoms with van der Waals surface area (Å²) >= 11 is 17.8. The molecule has 2 nitrogen and oxygen atoms in total. The third-order valence-corrected chi connectivity index (χ3v) is 4.95. The van der Waals surface area contributed by atoms with Crippen molar-refractivity contribution in [1.29, 1.82) is 0 Å². The van der Waals surface area contributed by atoms with Crippen LogP contribution < -0.4 is 0 Å². The van der Waals surface area contributed by atoms with Crippen molar-refractivity contribution in [3.8, 4) is 0 Å². The molecule has 1 aromatic rings. The first-order chi connectivity index (χ1) is 10.0. The molecule has 2 rings (SSSR count). The van der Waals surface area contributed by atoms with E-state index in [-0.39, 0.29) is 15.6 Å². The summed E-state index contributed by atoms with van der Waals surface area (Å²) in [7, 11) is 0. The second-order valence-corrected chi connectivity index (χ2v) is 6.79. The quantitative estimate of drug-likeness (QED) is 0.444. The second-order valence-electron chi connectivity index (χ2n) is 5.57. The summed E-state index contributed by atoms with van der Waals surface area (Å²) in [5.41, 5.74) is 0.229. The molecule has 116 valence electrons. The summed E-state index contributed by atoms with van der Waals surface area (Å²) in [4.78, 5) is 12.0. The van der Waals surface area contributed by atoms with Crippen molar-refractivity contribution in [3.63, 3.8) is 0 Å². The van der Waals surface area contributed by atoms with E-state index in [4.69, 9.17) is 39.5 Å². The first kappa shape index (κ1) is 16.9. The van der Waals surface area contributed by atoms with Crippen LogP contribution in [0.5, 0.6) is 0 Å². The van der Waals surface area contributed by atoms with Crippen LogP contribution in [0.25, 0.3) is 0 Å². The van der Waals surface area contributed by atoms with Crippen LogP contribution in [-0.2, 0) is 4.74 Å². The normalized spacial score (nSPS) is 20.4. The number of benzene rings is 1. The molecule has 0 aromatic heterocycles. The molecule has 0 amide bonds. The Balaban J connectivity index is 1.78. The van der Waals surface area contributed by atoms with E-state index in [1.165, 1.54) is 37.8 Å². The fourth-order valence-corrected chi connectivity index (χ4v) is 3.25. The molecule has 1 fully saturated rings. The number of rotatable bonds is 7. The average molecular weight is 350 g/mol. The lowest BCUT2D eigenvalue weighted by molar-refractivity contribution is 0.0493. The number of ether oxygens (including phenoxy) is 1. The van der Waals surface area contributed by atoms with Gasteiger partial charge in [0, 0.05) is 5.02 Å². The second kappa shape index (κ2) is 7.71. The van der Waals surface area contributed by atoms with E-state index in [2.05, 4.69) is 6.92 Å². The van der Waals surface area contributed by atoms with Gasteiger partial charge in [-0.05, 0) is 36.8 Å². The fourth-order valence-electron chi connectivity index (χ4n) is 2.57. The maximum absolute atomic E-state index is 12.0. The Morgan fingerprint density at radius 2 is 1.95 bits per heavy atom. The molecule has 5 heteroatoms. The molecule has 0 spiro atoms. The molecule has 0 saturated heterocycles. The minimum Gasteiger partial charge on any atom is -0.462 e. The number of carbonyl (C=O) groups is 1. The standard InChI is InChI=1S/C16H19Cl3O2/c1-2-3-4-10-7-11(10)5-6-21-16(20)13-8-12(17)9-14(18)15(13)19/h8-11H,2-7H2,1H3. The molecule has 0 heterocycles. The summed E-state index contributed by atoms with van der Waals surface area (Å²) in [6, 6.07) is 2.99. The Bertz CT molecular complexity index is 516. The van der Waals surface area contributed by atoms with Crippen molar-refractivity contribution in [3.05, 3.63) is 32.8 Å². The van der Waals surface area contributed by atoms with E-state index >= 15 is 0 Å². The number of carbonyl (C=O) groups excluding carboxylic acids is 1. The van der Waals surface area contributed by atoms with Gasteiger partial charge < -0.3 is 4.74 Å². The van der Waals surface area contributed by atoms with Crippen LogP contribution in [-0.4, -0.2) is 12.6 Å². The predicted octanol–water partition coefficient (Wildman–Crippen LogP) is 6.02. The van der Waals surface area contributed by atoms with Crippen molar-refractivity contribution in [2.24, 2.45) is 11.8 Å². The number of halogens is 3. The Kier molecular flexibility index (Phi) is 6.21. The topological polar surface area (TPSA) is 26.3 Å². The highest BCUT2D eigenvalue weighted by Crippen LogP contribution is 2.44. The number of hydrogen-bond acceptors (Lipinski definition) is 2. The smallest absolute Gasteiger partial charge is 0.339 e. The lowest BCUT2D eigenvalue weighted by Crippen LogP contribution is -2.08. The van der Waals surface area contributed by atoms with Crippen molar-refractivity contribution >= 4 is 40.8 Å². The molecule has 0 bridgehead atoms. The van der Waals surface area contributed by atoms with Crippen molar-refractivity contribution < 1.29 is 9.53 Å². The van der Waals surface area contributed by atoms with Crippen LogP contribution in [0.2, 0.25) is 15.1 Å². The van der Waals surface area contributed by atoms with Gasteiger partial charge in [0.15, 0.2) is 0 Å². The number of hydrogen-bond donors (Lipinski definition) is 0.